The van der Waals surface area contributed by atoms with E-state index in [4.69, 9.17) is 11.6 Å². The Hall–Kier alpha value is -1.27. The van der Waals surface area contributed by atoms with E-state index in [0.717, 1.165) is 5.56 Å². The molecular formula is C14H19ClN2O3S. The van der Waals surface area contributed by atoms with E-state index in [0.29, 0.717) is 23.7 Å². The summed E-state index contributed by atoms with van der Waals surface area (Å²) in [7, 11) is -3.01. The average molecular weight is 331 g/mol. The molecule has 1 N–H and O–H groups in total. The standard InChI is InChI=1S/C14H19ClN2O3S/c1-3-17(12-6-7-21(19,20)9-12)14(18)16-11-5-4-10(2)13(15)8-11/h4-5,8,12H,3,6-7,9H2,1-2H3,(H,16,18). The number of hydrogen-bond donors (Lipinski definition) is 1. The van der Waals surface area contributed by atoms with Gasteiger partial charge in [0.05, 0.1) is 11.5 Å². The molecule has 1 aromatic carbocycles. The minimum Gasteiger partial charge on any atom is -0.321 e. The van der Waals surface area contributed by atoms with Crippen LogP contribution < -0.4 is 5.32 Å². The third-order valence-corrected chi connectivity index (χ3v) is 5.83. The molecule has 1 aliphatic rings. The monoisotopic (exact) mass is 330 g/mol. The summed E-state index contributed by atoms with van der Waals surface area (Å²) in [6.07, 6.45) is 0.498. The van der Waals surface area contributed by atoms with Crippen molar-refractivity contribution < 1.29 is 13.2 Å². The Morgan fingerprint density at radius 3 is 2.71 bits per heavy atom. The number of aryl methyl sites for hydroxylation is 1. The van der Waals surface area contributed by atoms with Crippen LogP contribution in [0.3, 0.4) is 0 Å². The lowest BCUT2D eigenvalue weighted by atomic mass is 10.2. The minimum atomic E-state index is -3.01. The third-order valence-electron chi connectivity index (χ3n) is 3.67. The van der Waals surface area contributed by atoms with E-state index in [1.165, 1.54) is 0 Å². The molecule has 0 aliphatic carbocycles. The number of sulfone groups is 1. The number of amides is 2. The Labute approximate surface area is 130 Å². The first-order valence-corrected chi connectivity index (χ1v) is 9.06. The van der Waals surface area contributed by atoms with Gasteiger partial charge in [0.25, 0.3) is 0 Å². The number of halogens is 1. The van der Waals surface area contributed by atoms with Gasteiger partial charge >= 0.3 is 6.03 Å². The molecule has 1 unspecified atom stereocenters. The van der Waals surface area contributed by atoms with E-state index in [9.17, 15) is 13.2 Å². The highest BCUT2D eigenvalue weighted by Gasteiger charge is 2.33. The Morgan fingerprint density at radius 2 is 2.19 bits per heavy atom. The first-order valence-electron chi connectivity index (χ1n) is 6.86. The van der Waals surface area contributed by atoms with Crippen molar-refractivity contribution in [3.63, 3.8) is 0 Å². The van der Waals surface area contributed by atoms with E-state index in [1.54, 1.807) is 17.0 Å². The number of hydrogen-bond acceptors (Lipinski definition) is 3. The molecule has 5 nitrogen and oxygen atoms in total. The van der Waals surface area contributed by atoms with Crippen molar-refractivity contribution in [1.29, 1.82) is 0 Å². The van der Waals surface area contributed by atoms with E-state index in [-0.39, 0.29) is 23.6 Å². The molecule has 0 bridgehead atoms. The molecule has 7 heteroatoms. The maximum Gasteiger partial charge on any atom is 0.322 e. The summed E-state index contributed by atoms with van der Waals surface area (Å²) in [6.45, 7) is 4.19. The number of nitrogens with zero attached hydrogens (tertiary/aromatic N) is 1. The molecule has 1 saturated heterocycles. The fraction of sp³-hybridized carbons (Fsp3) is 0.500. The van der Waals surface area contributed by atoms with Crippen LogP contribution in [0.15, 0.2) is 18.2 Å². The molecule has 2 rings (SSSR count). The molecule has 0 aromatic heterocycles. The summed E-state index contributed by atoms with van der Waals surface area (Å²) in [4.78, 5) is 13.9. The third kappa shape index (κ3) is 3.89. The highest BCUT2D eigenvalue weighted by molar-refractivity contribution is 7.91. The largest absolute Gasteiger partial charge is 0.322 e. The van der Waals surface area contributed by atoms with Gasteiger partial charge < -0.3 is 10.2 Å². The van der Waals surface area contributed by atoms with Crippen LogP contribution in [-0.4, -0.2) is 43.4 Å². The first-order chi connectivity index (χ1) is 9.82. The molecule has 0 spiro atoms. The van der Waals surface area contributed by atoms with Crippen molar-refractivity contribution in [2.24, 2.45) is 0 Å². The van der Waals surface area contributed by atoms with Crippen molar-refractivity contribution in [3.05, 3.63) is 28.8 Å². The van der Waals surface area contributed by atoms with Crippen molar-refractivity contribution in [2.45, 2.75) is 26.3 Å². The molecule has 1 atom stereocenters. The van der Waals surface area contributed by atoms with Gasteiger partial charge in [-0.05, 0) is 38.0 Å². The lowest BCUT2D eigenvalue weighted by Gasteiger charge is -2.27. The van der Waals surface area contributed by atoms with Crippen LogP contribution in [0.1, 0.15) is 18.9 Å². The second-order valence-electron chi connectivity index (χ2n) is 5.24. The van der Waals surface area contributed by atoms with Crippen molar-refractivity contribution >= 4 is 33.2 Å². The number of nitrogens with one attached hydrogen (secondary N) is 1. The van der Waals surface area contributed by atoms with Gasteiger partial charge in [-0.25, -0.2) is 13.2 Å². The van der Waals surface area contributed by atoms with Crippen molar-refractivity contribution in [1.82, 2.24) is 4.90 Å². The number of urea groups is 1. The molecule has 0 saturated carbocycles. The zero-order chi connectivity index (χ0) is 15.6. The summed E-state index contributed by atoms with van der Waals surface area (Å²) < 4.78 is 23.1. The topological polar surface area (TPSA) is 66.5 Å². The van der Waals surface area contributed by atoms with Crippen molar-refractivity contribution in [3.8, 4) is 0 Å². The Morgan fingerprint density at radius 1 is 1.48 bits per heavy atom. The summed E-state index contributed by atoms with van der Waals surface area (Å²) >= 11 is 6.03. The molecule has 1 aliphatic heterocycles. The lowest BCUT2D eigenvalue weighted by molar-refractivity contribution is 0.197. The maximum atomic E-state index is 12.3. The highest BCUT2D eigenvalue weighted by Crippen LogP contribution is 2.22. The van der Waals surface area contributed by atoms with Crippen LogP contribution in [-0.2, 0) is 9.84 Å². The van der Waals surface area contributed by atoms with E-state index >= 15 is 0 Å². The number of carbonyl (C=O) groups is 1. The normalized spacial score (nSPS) is 20.2. The molecular weight excluding hydrogens is 312 g/mol. The number of carbonyl (C=O) groups excluding carboxylic acids is 1. The number of rotatable bonds is 3. The second kappa shape index (κ2) is 6.23. The molecule has 0 radical (unpaired) electrons. The Kier molecular flexibility index (Phi) is 4.78. The van der Waals surface area contributed by atoms with Gasteiger partial charge in [0.1, 0.15) is 0 Å². The smallest absolute Gasteiger partial charge is 0.321 e. The zero-order valence-electron chi connectivity index (χ0n) is 12.1. The molecule has 1 fully saturated rings. The lowest BCUT2D eigenvalue weighted by Crippen LogP contribution is -2.43. The molecule has 21 heavy (non-hydrogen) atoms. The van der Waals surface area contributed by atoms with E-state index < -0.39 is 9.84 Å². The van der Waals surface area contributed by atoms with Crippen LogP contribution in [0.2, 0.25) is 5.02 Å². The predicted molar refractivity (Wildman–Crippen MR) is 84.6 cm³/mol. The van der Waals surface area contributed by atoms with Crippen LogP contribution in [0, 0.1) is 6.92 Å². The first kappa shape index (κ1) is 16.1. The second-order valence-corrected chi connectivity index (χ2v) is 7.87. The number of anilines is 1. The van der Waals surface area contributed by atoms with Gasteiger partial charge in [0.2, 0.25) is 0 Å². The SMILES string of the molecule is CCN(C(=O)Nc1ccc(C)c(Cl)c1)C1CCS(=O)(=O)C1. The quantitative estimate of drug-likeness (QED) is 0.926. The fourth-order valence-electron chi connectivity index (χ4n) is 2.45. The molecule has 1 aromatic rings. The van der Waals surface area contributed by atoms with Crippen LogP contribution in [0.5, 0.6) is 0 Å². The van der Waals surface area contributed by atoms with Gasteiger partial charge in [-0.3, -0.25) is 0 Å². The summed E-state index contributed by atoms with van der Waals surface area (Å²) in [5.74, 6) is 0.195. The van der Waals surface area contributed by atoms with E-state index in [2.05, 4.69) is 5.32 Å². The maximum absolute atomic E-state index is 12.3. The van der Waals surface area contributed by atoms with Gasteiger partial charge in [-0.15, -0.1) is 0 Å². The van der Waals surface area contributed by atoms with Gasteiger partial charge in [-0.2, -0.15) is 0 Å². The molecule has 116 valence electrons. The minimum absolute atomic E-state index is 0.0446. The van der Waals surface area contributed by atoms with Crippen molar-refractivity contribution in [2.75, 3.05) is 23.4 Å². The molecule has 2 amide bonds. The highest BCUT2D eigenvalue weighted by atomic mass is 35.5. The van der Waals surface area contributed by atoms with Crippen LogP contribution in [0.4, 0.5) is 10.5 Å². The Balaban J connectivity index is 2.08. The number of benzene rings is 1. The predicted octanol–water partition coefficient (Wildman–Crippen LogP) is 2.69. The van der Waals surface area contributed by atoms with Gasteiger partial charge in [0, 0.05) is 23.3 Å². The Bertz CT molecular complexity index is 646. The van der Waals surface area contributed by atoms with Crippen LogP contribution >= 0.6 is 11.6 Å². The average Bonchev–Trinajstić information content (AvgIpc) is 2.75. The fourth-order valence-corrected chi connectivity index (χ4v) is 4.37. The van der Waals surface area contributed by atoms with Crippen LogP contribution in [0.25, 0.3) is 0 Å². The van der Waals surface area contributed by atoms with E-state index in [1.807, 2.05) is 19.9 Å². The summed E-state index contributed by atoms with van der Waals surface area (Å²) in [5.41, 5.74) is 1.54. The zero-order valence-corrected chi connectivity index (χ0v) is 13.7. The summed E-state index contributed by atoms with van der Waals surface area (Å²) in [6, 6.07) is 4.75. The van der Waals surface area contributed by atoms with Gasteiger partial charge in [-0.1, -0.05) is 17.7 Å². The van der Waals surface area contributed by atoms with Gasteiger partial charge in [0.15, 0.2) is 9.84 Å². The molecule has 1 heterocycles. The summed E-state index contributed by atoms with van der Waals surface area (Å²) in [5, 5.41) is 3.36.